The van der Waals surface area contributed by atoms with Crippen molar-refractivity contribution in [3.05, 3.63) is 34.2 Å². The second-order valence-electron chi connectivity index (χ2n) is 4.03. The molecule has 0 saturated carbocycles. The fraction of sp³-hybridized carbons (Fsp3) is 0.308. The van der Waals surface area contributed by atoms with Crippen LogP contribution in [0, 0.1) is 6.92 Å². The summed E-state index contributed by atoms with van der Waals surface area (Å²) in [6.45, 7) is 2.06. The zero-order chi connectivity index (χ0) is 11.0. The number of aromatic nitrogens is 1. The molecule has 82 valence electrons. The average Bonchev–Trinajstić information content (AvgIpc) is 2.75. The van der Waals surface area contributed by atoms with Crippen LogP contribution in [0.2, 0.25) is 0 Å². The SMILES string of the molecule is Cc1nc(-c2ccc3c(c2)CCCS3)cs1. The van der Waals surface area contributed by atoms with Crippen molar-refractivity contribution in [2.75, 3.05) is 5.75 Å². The summed E-state index contributed by atoms with van der Waals surface area (Å²) < 4.78 is 0. The molecule has 0 fully saturated rings. The maximum Gasteiger partial charge on any atom is 0.0901 e. The first kappa shape index (κ1) is 10.4. The van der Waals surface area contributed by atoms with Gasteiger partial charge in [-0.3, -0.25) is 0 Å². The highest BCUT2D eigenvalue weighted by Crippen LogP contribution is 2.33. The van der Waals surface area contributed by atoms with Crippen LogP contribution in [-0.4, -0.2) is 10.7 Å². The van der Waals surface area contributed by atoms with Gasteiger partial charge in [-0.05, 0) is 43.2 Å². The van der Waals surface area contributed by atoms with Crippen LogP contribution < -0.4 is 0 Å². The molecule has 2 heterocycles. The van der Waals surface area contributed by atoms with E-state index in [0.29, 0.717) is 0 Å². The molecule has 1 aromatic carbocycles. The molecule has 0 bridgehead atoms. The van der Waals surface area contributed by atoms with Crippen molar-refractivity contribution in [1.29, 1.82) is 0 Å². The third kappa shape index (κ3) is 1.89. The standard InChI is InChI=1S/C13H13NS2/c1-9-14-12(8-16-9)10-4-5-13-11(7-10)3-2-6-15-13/h4-5,7-8H,2-3,6H2,1H3. The van der Waals surface area contributed by atoms with Crippen molar-refractivity contribution in [2.45, 2.75) is 24.7 Å². The van der Waals surface area contributed by atoms with Crippen LogP contribution in [0.3, 0.4) is 0 Å². The molecule has 0 amide bonds. The van der Waals surface area contributed by atoms with Crippen molar-refractivity contribution in [3.63, 3.8) is 0 Å². The Bertz CT molecular complexity index is 516. The van der Waals surface area contributed by atoms with E-state index < -0.39 is 0 Å². The third-order valence-corrected chi connectivity index (χ3v) is 4.80. The summed E-state index contributed by atoms with van der Waals surface area (Å²) >= 11 is 3.70. The van der Waals surface area contributed by atoms with Gasteiger partial charge in [-0.25, -0.2) is 4.98 Å². The molecule has 0 unspecified atom stereocenters. The summed E-state index contributed by atoms with van der Waals surface area (Å²) in [4.78, 5) is 6.00. The van der Waals surface area contributed by atoms with E-state index >= 15 is 0 Å². The van der Waals surface area contributed by atoms with E-state index in [-0.39, 0.29) is 0 Å². The number of thioether (sulfide) groups is 1. The number of thiazole rings is 1. The fourth-order valence-electron chi connectivity index (χ4n) is 2.02. The van der Waals surface area contributed by atoms with Gasteiger partial charge in [-0.15, -0.1) is 23.1 Å². The van der Waals surface area contributed by atoms with Crippen LogP contribution in [0.15, 0.2) is 28.5 Å². The van der Waals surface area contributed by atoms with Gasteiger partial charge in [0.25, 0.3) is 0 Å². The van der Waals surface area contributed by atoms with E-state index in [1.54, 1.807) is 11.3 Å². The first-order valence-corrected chi connectivity index (χ1v) is 7.38. The van der Waals surface area contributed by atoms with Crippen molar-refractivity contribution in [2.24, 2.45) is 0 Å². The molecule has 2 aromatic rings. The van der Waals surface area contributed by atoms with Gasteiger partial charge in [0.15, 0.2) is 0 Å². The normalized spacial score (nSPS) is 14.8. The van der Waals surface area contributed by atoms with Crippen molar-refractivity contribution in [1.82, 2.24) is 4.98 Å². The van der Waals surface area contributed by atoms with Crippen LogP contribution in [0.1, 0.15) is 17.0 Å². The van der Waals surface area contributed by atoms with E-state index in [0.717, 1.165) is 10.7 Å². The summed E-state index contributed by atoms with van der Waals surface area (Å²) in [5, 5.41) is 3.29. The van der Waals surface area contributed by atoms with Crippen molar-refractivity contribution >= 4 is 23.1 Å². The maximum absolute atomic E-state index is 4.54. The number of rotatable bonds is 1. The predicted octanol–water partition coefficient (Wildman–Crippen LogP) is 4.16. The van der Waals surface area contributed by atoms with Crippen LogP contribution >= 0.6 is 23.1 Å². The quantitative estimate of drug-likeness (QED) is 0.750. The minimum absolute atomic E-state index is 1.13. The average molecular weight is 247 g/mol. The topological polar surface area (TPSA) is 12.9 Å². The smallest absolute Gasteiger partial charge is 0.0901 e. The third-order valence-electron chi connectivity index (χ3n) is 2.82. The Labute approximate surface area is 104 Å². The molecule has 3 heteroatoms. The lowest BCUT2D eigenvalue weighted by Gasteiger charge is -2.15. The van der Waals surface area contributed by atoms with Gasteiger partial charge >= 0.3 is 0 Å². The number of aryl methyl sites for hydroxylation is 2. The van der Waals surface area contributed by atoms with Gasteiger partial charge in [0.05, 0.1) is 10.7 Å². The van der Waals surface area contributed by atoms with E-state index in [1.165, 1.54) is 34.6 Å². The minimum Gasteiger partial charge on any atom is -0.242 e. The molecule has 0 radical (unpaired) electrons. The molecule has 1 aliphatic rings. The van der Waals surface area contributed by atoms with E-state index in [1.807, 2.05) is 11.8 Å². The van der Waals surface area contributed by atoms with Crippen LogP contribution in [0.5, 0.6) is 0 Å². The van der Waals surface area contributed by atoms with E-state index in [9.17, 15) is 0 Å². The van der Waals surface area contributed by atoms with Gasteiger partial charge in [0.1, 0.15) is 0 Å². The van der Waals surface area contributed by atoms with Crippen molar-refractivity contribution in [3.8, 4) is 11.3 Å². The highest BCUT2D eigenvalue weighted by atomic mass is 32.2. The lowest BCUT2D eigenvalue weighted by molar-refractivity contribution is 0.890. The molecule has 3 rings (SSSR count). The lowest BCUT2D eigenvalue weighted by atomic mass is 10.0. The zero-order valence-electron chi connectivity index (χ0n) is 9.19. The van der Waals surface area contributed by atoms with Gasteiger partial charge in [-0.2, -0.15) is 0 Å². The molecule has 0 saturated heterocycles. The second kappa shape index (κ2) is 4.22. The fourth-order valence-corrected chi connectivity index (χ4v) is 3.66. The van der Waals surface area contributed by atoms with E-state index in [2.05, 4.69) is 35.5 Å². The summed E-state index contributed by atoms with van der Waals surface area (Å²) in [5.41, 5.74) is 3.89. The lowest BCUT2D eigenvalue weighted by Crippen LogP contribution is -1.98. The summed E-state index contributed by atoms with van der Waals surface area (Å²) in [6, 6.07) is 6.77. The minimum atomic E-state index is 1.13. The Morgan fingerprint density at radius 1 is 1.31 bits per heavy atom. The Balaban J connectivity index is 2.02. The van der Waals surface area contributed by atoms with Crippen LogP contribution in [-0.2, 0) is 6.42 Å². The molecule has 16 heavy (non-hydrogen) atoms. The van der Waals surface area contributed by atoms with Crippen LogP contribution in [0.4, 0.5) is 0 Å². The first-order valence-electron chi connectivity index (χ1n) is 5.51. The molecular weight excluding hydrogens is 234 g/mol. The summed E-state index contributed by atoms with van der Waals surface area (Å²) in [6.07, 6.45) is 2.52. The van der Waals surface area contributed by atoms with Crippen molar-refractivity contribution < 1.29 is 0 Å². The summed E-state index contributed by atoms with van der Waals surface area (Å²) in [5.74, 6) is 1.27. The van der Waals surface area contributed by atoms with Gasteiger partial charge in [0.2, 0.25) is 0 Å². The highest BCUT2D eigenvalue weighted by molar-refractivity contribution is 7.99. The Morgan fingerprint density at radius 2 is 2.25 bits per heavy atom. The van der Waals surface area contributed by atoms with Gasteiger partial charge in [0, 0.05) is 15.8 Å². The van der Waals surface area contributed by atoms with Crippen LogP contribution in [0.25, 0.3) is 11.3 Å². The number of benzene rings is 1. The maximum atomic E-state index is 4.54. The molecule has 0 aliphatic carbocycles. The molecular formula is C13H13NS2. The monoisotopic (exact) mass is 247 g/mol. The highest BCUT2D eigenvalue weighted by Gasteiger charge is 2.11. The predicted molar refractivity (Wildman–Crippen MR) is 71.3 cm³/mol. The van der Waals surface area contributed by atoms with E-state index in [4.69, 9.17) is 0 Å². The molecule has 1 aliphatic heterocycles. The van der Waals surface area contributed by atoms with Gasteiger partial charge in [-0.1, -0.05) is 6.07 Å². The first-order chi connectivity index (χ1) is 7.83. The largest absolute Gasteiger partial charge is 0.242 e. The zero-order valence-corrected chi connectivity index (χ0v) is 10.8. The molecule has 0 atom stereocenters. The number of fused-ring (bicyclic) bond motifs is 1. The Hall–Kier alpha value is -0.800. The number of hydrogen-bond donors (Lipinski definition) is 0. The summed E-state index contributed by atoms with van der Waals surface area (Å²) in [7, 11) is 0. The second-order valence-corrected chi connectivity index (χ2v) is 6.23. The van der Waals surface area contributed by atoms with Gasteiger partial charge < -0.3 is 0 Å². The number of nitrogens with zero attached hydrogens (tertiary/aromatic N) is 1. The molecule has 1 nitrogen and oxygen atoms in total. The molecule has 1 aromatic heterocycles. The number of hydrogen-bond acceptors (Lipinski definition) is 3. The molecule has 0 N–H and O–H groups in total. The molecule has 0 spiro atoms. The Kier molecular flexibility index (Phi) is 2.74. The Morgan fingerprint density at radius 3 is 3.06 bits per heavy atom.